The molecule has 2 amide bonds. The zero-order valence-corrected chi connectivity index (χ0v) is 6.99. The van der Waals surface area contributed by atoms with Crippen LogP contribution in [0.2, 0.25) is 0 Å². The van der Waals surface area contributed by atoms with Crippen LogP contribution in [0, 0.1) is 12.3 Å². The molecule has 2 N–H and O–H groups in total. The van der Waals surface area contributed by atoms with Gasteiger partial charge in [0.15, 0.2) is 0 Å². The van der Waals surface area contributed by atoms with Crippen molar-refractivity contribution in [3.63, 3.8) is 0 Å². The first-order chi connectivity index (χ1) is 6.15. The number of carbonyl (C=O) groups excluding carboxylic acids is 1. The van der Waals surface area contributed by atoms with Gasteiger partial charge in [-0.1, -0.05) is 5.92 Å². The minimum Gasteiger partial charge on any atom is -0.465 e. The third-order valence-corrected chi connectivity index (χ3v) is 1.88. The van der Waals surface area contributed by atoms with Crippen LogP contribution in [-0.2, 0) is 4.79 Å². The Morgan fingerprint density at radius 3 is 3.08 bits per heavy atom. The Labute approximate surface area is 75.7 Å². The highest BCUT2D eigenvalue weighted by Gasteiger charge is 2.31. The Balaban J connectivity index is 2.51. The SMILES string of the molecule is C#CCN1CC[C@H](NC(=O)O)C1=O. The van der Waals surface area contributed by atoms with Crippen molar-refractivity contribution in [2.24, 2.45) is 0 Å². The van der Waals surface area contributed by atoms with E-state index in [1.807, 2.05) is 0 Å². The first-order valence-corrected chi connectivity index (χ1v) is 3.87. The Kier molecular flexibility index (Phi) is 2.75. The van der Waals surface area contributed by atoms with E-state index in [0.717, 1.165) is 0 Å². The number of carboxylic acid groups (broad SMARTS) is 1. The fourth-order valence-electron chi connectivity index (χ4n) is 1.29. The molecule has 1 aliphatic rings. The smallest absolute Gasteiger partial charge is 0.405 e. The molecular formula is C8H10N2O3. The molecule has 1 heterocycles. The van der Waals surface area contributed by atoms with Gasteiger partial charge in [-0.2, -0.15) is 0 Å². The van der Waals surface area contributed by atoms with Gasteiger partial charge in [0.2, 0.25) is 5.91 Å². The van der Waals surface area contributed by atoms with E-state index in [1.165, 1.54) is 4.90 Å². The number of amides is 2. The molecule has 0 radical (unpaired) electrons. The van der Waals surface area contributed by atoms with Gasteiger partial charge in [-0.3, -0.25) is 4.79 Å². The minimum absolute atomic E-state index is 0.236. The molecule has 1 atom stereocenters. The third kappa shape index (κ3) is 2.12. The van der Waals surface area contributed by atoms with Crippen LogP contribution in [0.15, 0.2) is 0 Å². The van der Waals surface area contributed by atoms with E-state index in [4.69, 9.17) is 11.5 Å². The molecule has 1 rings (SSSR count). The van der Waals surface area contributed by atoms with Crippen molar-refractivity contribution in [1.29, 1.82) is 0 Å². The summed E-state index contributed by atoms with van der Waals surface area (Å²) in [4.78, 5) is 23.0. The molecule has 0 saturated carbocycles. The number of hydrogen-bond donors (Lipinski definition) is 2. The number of hydrogen-bond acceptors (Lipinski definition) is 2. The van der Waals surface area contributed by atoms with E-state index in [9.17, 15) is 9.59 Å². The number of likely N-dealkylation sites (tertiary alicyclic amines) is 1. The normalized spacial score (nSPS) is 21.3. The molecule has 5 nitrogen and oxygen atoms in total. The van der Waals surface area contributed by atoms with E-state index < -0.39 is 12.1 Å². The summed E-state index contributed by atoms with van der Waals surface area (Å²) in [5.41, 5.74) is 0. The average molecular weight is 182 g/mol. The number of rotatable bonds is 2. The van der Waals surface area contributed by atoms with E-state index in [1.54, 1.807) is 0 Å². The monoisotopic (exact) mass is 182 g/mol. The maximum atomic E-state index is 11.3. The molecule has 13 heavy (non-hydrogen) atoms. The van der Waals surface area contributed by atoms with Crippen molar-refractivity contribution in [1.82, 2.24) is 10.2 Å². The van der Waals surface area contributed by atoms with Gasteiger partial charge in [0, 0.05) is 6.54 Å². The Morgan fingerprint density at radius 1 is 1.85 bits per heavy atom. The summed E-state index contributed by atoms with van der Waals surface area (Å²) in [7, 11) is 0. The Hall–Kier alpha value is -1.70. The van der Waals surface area contributed by atoms with Crippen LogP contribution in [0.5, 0.6) is 0 Å². The maximum Gasteiger partial charge on any atom is 0.405 e. The fourth-order valence-corrected chi connectivity index (χ4v) is 1.29. The highest BCUT2D eigenvalue weighted by molar-refractivity contribution is 5.87. The van der Waals surface area contributed by atoms with Crippen molar-refractivity contribution in [2.75, 3.05) is 13.1 Å². The first-order valence-electron chi connectivity index (χ1n) is 3.87. The van der Waals surface area contributed by atoms with E-state index in [-0.39, 0.29) is 12.5 Å². The van der Waals surface area contributed by atoms with Crippen LogP contribution in [-0.4, -0.2) is 41.1 Å². The lowest BCUT2D eigenvalue weighted by molar-refractivity contribution is -0.128. The van der Waals surface area contributed by atoms with Gasteiger partial charge in [0.25, 0.3) is 0 Å². The highest BCUT2D eigenvalue weighted by Crippen LogP contribution is 2.09. The second kappa shape index (κ2) is 3.81. The summed E-state index contributed by atoms with van der Waals surface area (Å²) < 4.78 is 0. The summed E-state index contributed by atoms with van der Waals surface area (Å²) in [5, 5.41) is 10.5. The molecule has 0 bridgehead atoms. The molecule has 0 unspecified atom stereocenters. The lowest BCUT2D eigenvalue weighted by Crippen LogP contribution is -2.40. The van der Waals surface area contributed by atoms with E-state index in [2.05, 4.69) is 11.2 Å². The van der Waals surface area contributed by atoms with Crippen molar-refractivity contribution in [3.8, 4) is 12.3 Å². The maximum absolute atomic E-state index is 11.3. The average Bonchev–Trinajstić information content (AvgIpc) is 2.36. The van der Waals surface area contributed by atoms with E-state index >= 15 is 0 Å². The lowest BCUT2D eigenvalue weighted by atomic mass is 10.2. The quantitative estimate of drug-likeness (QED) is 0.565. The number of nitrogens with one attached hydrogen (secondary N) is 1. The lowest BCUT2D eigenvalue weighted by Gasteiger charge is -2.12. The molecule has 0 aromatic carbocycles. The molecule has 5 heteroatoms. The molecule has 0 spiro atoms. The van der Waals surface area contributed by atoms with Gasteiger partial charge < -0.3 is 15.3 Å². The van der Waals surface area contributed by atoms with Crippen molar-refractivity contribution < 1.29 is 14.7 Å². The predicted octanol–water partition coefficient (Wildman–Crippen LogP) is -0.512. The van der Waals surface area contributed by atoms with Gasteiger partial charge in [0.1, 0.15) is 6.04 Å². The van der Waals surface area contributed by atoms with Crippen LogP contribution in [0.3, 0.4) is 0 Å². The summed E-state index contributed by atoms with van der Waals surface area (Å²) >= 11 is 0. The Morgan fingerprint density at radius 2 is 2.54 bits per heavy atom. The summed E-state index contributed by atoms with van der Waals surface area (Å²) in [5.74, 6) is 2.11. The van der Waals surface area contributed by atoms with Gasteiger partial charge in [-0.25, -0.2) is 4.79 Å². The number of carbonyl (C=O) groups is 2. The van der Waals surface area contributed by atoms with Gasteiger partial charge in [-0.05, 0) is 6.42 Å². The van der Waals surface area contributed by atoms with Gasteiger partial charge >= 0.3 is 6.09 Å². The zero-order chi connectivity index (χ0) is 9.84. The number of nitrogens with zero attached hydrogens (tertiary/aromatic N) is 1. The van der Waals surface area contributed by atoms with Crippen molar-refractivity contribution >= 4 is 12.0 Å². The topological polar surface area (TPSA) is 69.6 Å². The largest absolute Gasteiger partial charge is 0.465 e. The molecule has 0 aromatic rings. The van der Waals surface area contributed by atoms with E-state index in [0.29, 0.717) is 13.0 Å². The third-order valence-electron chi connectivity index (χ3n) is 1.88. The van der Waals surface area contributed by atoms with Crippen LogP contribution < -0.4 is 5.32 Å². The fraction of sp³-hybridized carbons (Fsp3) is 0.500. The van der Waals surface area contributed by atoms with Gasteiger partial charge in [0.05, 0.1) is 6.54 Å². The molecule has 1 saturated heterocycles. The second-order valence-corrected chi connectivity index (χ2v) is 2.75. The van der Waals surface area contributed by atoms with Crippen LogP contribution in [0.4, 0.5) is 4.79 Å². The minimum atomic E-state index is -1.18. The van der Waals surface area contributed by atoms with Crippen LogP contribution >= 0.6 is 0 Å². The highest BCUT2D eigenvalue weighted by atomic mass is 16.4. The van der Waals surface area contributed by atoms with Crippen molar-refractivity contribution in [2.45, 2.75) is 12.5 Å². The molecule has 70 valence electrons. The molecule has 1 aliphatic heterocycles. The zero-order valence-electron chi connectivity index (χ0n) is 6.99. The van der Waals surface area contributed by atoms with Crippen LogP contribution in [0.25, 0.3) is 0 Å². The summed E-state index contributed by atoms with van der Waals surface area (Å²) in [6.45, 7) is 0.768. The molecule has 0 aliphatic carbocycles. The molecular weight excluding hydrogens is 172 g/mol. The summed E-state index contributed by atoms with van der Waals surface area (Å²) in [6.07, 6.45) is 4.35. The molecule has 1 fully saturated rings. The second-order valence-electron chi connectivity index (χ2n) is 2.75. The van der Waals surface area contributed by atoms with Crippen molar-refractivity contribution in [3.05, 3.63) is 0 Å². The number of terminal acetylenes is 1. The Bertz CT molecular complexity index is 269. The summed E-state index contributed by atoms with van der Waals surface area (Å²) in [6, 6.07) is -0.620. The predicted molar refractivity (Wildman–Crippen MR) is 45.0 cm³/mol. The standard InChI is InChI=1S/C8H10N2O3/c1-2-4-10-5-3-6(7(10)11)9-8(12)13/h1,6,9H,3-5H2,(H,12,13)/t6-/m0/s1. The molecule has 0 aromatic heterocycles. The first kappa shape index (κ1) is 9.39. The van der Waals surface area contributed by atoms with Crippen LogP contribution in [0.1, 0.15) is 6.42 Å². The van der Waals surface area contributed by atoms with Gasteiger partial charge in [-0.15, -0.1) is 6.42 Å².